The number of anilines is 1. The van der Waals surface area contributed by atoms with Crippen molar-refractivity contribution in [3.05, 3.63) is 11.1 Å². The summed E-state index contributed by atoms with van der Waals surface area (Å²) in [5, 5.41) is 4.13. The maximum Gasteiger partial charge on any atom is 0.223 e. The summed E-state index contributed by atoms with van der Waals surface area (Å²) < 4.78 is 0. The molecule has 1 aromatic heterocycles. The van der Waals surface area contributed by atoms with Crippen LogP contribution in [0.3, 0.4) is 0 Å². The van der Waals surface area contributed by atoms with Gasteiger partial charge in [0.05, 0.1) is 6.54 Å². The summed E-state index contributed by atoms with van der Waals surface area (Å²) in [5.41, 5.74) is 0. The van der Waals surface area contributed by atoms with Gasteiger partial charge in [-0.1, -0.05) is 13.3 Å². The van der Waals surface area contributed by atoms with E-state index in [0.29, 0.717) is 5.92 Å². The third kappa shape index (κ3) is 2.97. The lowest BCUT2D eigenvalue weighted by Gasteiger charge is -2.14. The van der Waals surface area contributed by atoms with Crippen LogP contribution in [0.2, 0.25) is 0 Å². The van der Waals surface area contributed by atoms with Gasteiger partial charge in [-0.2, -0.15) is 0 Å². The van der Waals surface area contributed by atoms with Crippen molar-refractivity contribution in [2.75, 3.05) is 18.4 Å². The number of rotatable bonds is 5. The average molecular weight is 253 g/mol. The van der Waals surface area contributed by atoms with E-state index >= 15 is 0 Å². The monoisotopic (exact) mass is 253 g/mol. The lowest BCUT2D eigenvalue weighted by molar-refractivity contribution is -0.128. The topological polar surface area (TPSA) is 45.2 Å². The predicted molar refractivity (Wildman–Crippen MR) is 70.1 cm³/mol. The van der Waals surface area contributed by atoms with Crippen LogP contribution in [0.4, 0.5) is 5.13 Å². The van der Waals surface area contributed by atoms with E-state index in [9.17, 15) is 4.79 Å². The number of carbonyl (C=O) groups excluding carboxylic acids is 1. The number of hydrogen-bond acceptors (Lipinski definition) is 4. The first-order valence-electron chi connectivity index (χ1n) is 6.19. The molecule has 1 aromatic rings. The Morgan fingerprint density at radius 1 is 1.59 bits per heavy atom. The third-order valence-electron chi connectivity index (χ3n) is 3.10. The SMILES string of the molecule is CCNc1ncc(CN2CC(CC)CC2=O)s1. The van der Waals surface area contributed by atoms with Crippen molar-refractivity contribution < 1.29 is 4.79 Å². The van der Waals surface area contributed by atoms with Gasteiger partial charge in [-0.05, 0) is 12.8 Å². The molecule has 0 saturated carbocycles. The number of aromatic nitrogens is 1. The number of likely N-dealkylation sites (tertiary alicyclic amines) is 1. The van der Waals surface area contributed by atoms with E-state index in [1.165, 1.54) is 0 Å². The van der Waals surface area contributed by atoms with Crippen LogP contribution in [0.5, 0.6) is 0 Å². The van der Waals surface area contributed by atoms with E-state index in [1.54, 1.807) is 11.3 Å². The molecule has 0 bridgehead atoms. The molecule has 0 spiro atoms. The Morgan fingerprint density at radius 2 is 2.41 bits per heavy atom. The molecule has 2 heterocycles. The predicted octanol–water partition coefficient (Wildman–Crippen LogP) is 2.33. The zero-order valence-corrected chi connectivity index (χ0v) is 11.2. The molecule has 4 nitrogen and oxygen atoms in total. The number of thiazole rings is 1. The Bertz CT molecular complexity index is 391. The molecule has 17 heavy (non-hydrogen) atoms. The number of nitrogens with zero attached hydrogens (tertiary/aromatic N) is 2. The van der Waals surface area contributed by atoms with Gasteiger partial charge in [-0.15, -0.1) is 11.3 Å². The molecule has 5 heteroatoms. The van der Waals surface area contributed by atoms with Crippen LogP contribution in [-0.4, -0.2) is 28.9 Å². The van der Waals surface area contributed by atoms with Crippen molar-refractivity contribution in [2.24, 2.45) is 5.92 Å². The highest BCUT2D eigenvalue weighted by Crippen LogP contribution is 2.25. The van der Waals surface area contributed by atoms with E-state index in [4.69, 9.17) is 0 Å². The fraction of sp³-hybridized carbons (Fsp3) is 0.667. The Labute approximate surface area is 106 Å². The van der Waals surface area contributed by atoms with Crippen LogP contribution < -0.4 is 5.32 Å². The molecule has 1 unspecified atom stereocenters. The van der Waals surface area contributed by atoms with Gasteiger partial charge in [-0.3, -0.25) is 4.79 Å². The highest BCUT2D eigenvalue weighted by atomic mass is 32.1. The van der Waals surface area contributed by atoms with Gasteiger partial charge < -0.3 is 10.2 Å². The molecule has 0 radical (unpaired) electrons. The van der Waals surface area contributed by atoms with Crippen molar-refractivity contribution in [1.29, 1.82) is 0 Å². The molecule has 1 N–H and O–H groups in total. The molecule has 0 aromatic carbocycles. The Hall–Kier alpha value is -1.10. The van der Waals surface area contributed by atoms with Crippen molar-refractivity contribution in [1.82, 2.24) is 9.88 Å². The lowest BCUT2D eigenvalue weighted by atomic mass is 10.1. The maximum atomic E-state index is 11.8. The normalized spacial score (nSPS) is 20.0. The van der Waals surface area contributed by atoms with Crippen molar-refractivity contribution in [3.63, 3.8) is 0 Å². The Balaban J connectivity index is 1.93. The van der Waals surface area contributed by atoms with Crippen LogP contribution in [-0.2, 0) is 11.3 Å². The molecular formula is C12H19N3OS. The summed E-state index contributed by atoms with van der Waals surface area (Å²) in [6.45, 7) is 6.71. The van der Waals surface area contributed by atoms with Crippen molar-refractivity contribution in [2.45, 2.75) is 33.2 Å². The third-order valence-corrected chi connectivity index (χ3v) is 4.04. The Morgan fingerprint density at radius 3 is 3.06 bits per heavy atom. The molecule has 1 atom stereocenters. The van der Waals surface area contributed by atoms with E-state index < -0.39 is 0 Å². The minimum absolute atomic E-state index is 0.287. The molecule has 1 fully saturated rings. The van der Waals surface area contributed by atoms with Gasteiger partial charge in [0.1, 0.15) is 0 Å². The number of carbonyl (C=O) groups is 1. The first-order valence-corrected chi connectivity index (χ1v) is 7.01. The molecule has 1 aliphatic heterocycles. The second-order valence-corrected chi connectivity index (χ2v) is 5.53. The van der Waals surface area contributed by atoms with Crippen molar-refractivity contribution in [3.8, 4) is 0 Å². The van der Waals surface area contributed by atoms with Gasteiger partial charge in [0, 0.05) is 30.6 Å². The van der Waals surface area contributed by atoms with E-state index in [1.807, 2.05) is 11.1 Å². The molecule has 1 aliphatic rings. The molecule has 1 saturated heterocycles. The smallest absolute Gasteiger partial charge is 0.223 e. The first-order chi connectivity index (χ1) is 8.22. The summed E-state index contributed by atoms with van der Waals surface area (Å²) in [4.78, 5) is 19.2. The minimum Gasteiger partial charge on any atom is -0.362 e. The first kappa shape index (κ1) is 12.4. The van der Waals surface area contributed by atoms with Crippen molar-refractivity contribution >= 4 is 22.4 Å². The van der Waals surface area contributed by atoms with Gasteiger partial charge >= 0.3 is 0 Å². The molecule has 2 rings (SSSR count). The zero-order chi connectivity index (χ0) is 12.3. The van der Waals surface area contributed by atoms with Gasteiger partial charge in [0.25, 0.3) is 0 Å². The largest absolute Gasteiger partial charge is 0.362 e. The fourth-order valence-corrected chi connectivity index (χ4v) is 2.98. The second kappa shape index (κ2) is 5.49. The Kier molecular flexibility index (Phi) is 3.99. The van der Waals surface area contributed by atoms with Crippen LogP contribution in [0.25, 0.3) is 0 Å². The standard InChI is InChI=1S/C12H19N3OS/c1-3-9-5-11(16)15(7-9)8-10-6-14-12(17-10)13-4-2/h6,9H,3-5,7-8H2,1-2H3,(H,13,14). The average Bonchev–Trinajstić information content (AvgIpc) is 2.88. The summed E-state index contributed by atoms with van der Waals surface area (Å²) in [6, 6.07) is 0. The zero-order valence-electron chi connectivity index (χ0n) is 10.4. The van der Waals surface area contributed by atoms with E-state index in [-0.39, 0.29) is 5.91 Å². The quantitative estimate of drug-likeness (QED) is 0.876. The number of nitrogens with one attached hydrogen (secondary N) is 1. The van der Waals surface area contributed by atoms with Crippen LogP contribution >= 0.6 is 11.3 Å². The molecule has 1 amide bonds. The van der Waals surface area contributed by atoms with E-state index in [0.717, 1.165) is 42.5 Å². The summed E-state index contributed by atoms with van der Waals surface area (Å²) in [5.74, 6) is 0.832. The molecular weight excluding hydrogens is 234 g/mol. The fourth-order valence-electron chi connectivity index (χ4n) is 2.08. The molecule has 0 aliphatic carbocycles. The number of amides is 1. The van der Waals surface area contributed by atoms with Crippen LogP contribution in [0.1, 0.15) is 31.6 Å². The van der Waals surface area contributed by atoms with E-state index in [2.05, 4.69) is 24.1 Å². The molecule has 94 valence electrons. The van der Waals surface area contributed by atoms with Gasteiger partial charge in [0.2, 0.25) is 5.91 Å². The summed E-state index contributed by atoms with van der Waals surface area (Å²) in [6.07, 6.45) is 3.68. The summed E-state index contributed by atoms with van der Waals surface area (Å²) >= 11 is 1.64. The highest BCUT2D eigenvalue weighted by Gasteiger charge is 2.28. The van der Waals surface area contributed by atoms with Gasteiger partial charge in [-0.25, -0.2) is 4.98 Å². The van der Waals surface area contributed by atoms with Gasteiger partial charge in [0.15, 0.2) is 5.13 Å². The summed E-state index contributed by atoms with van der Waals surface area (Å²) in [7, 11) is 0. The second-order valence-electron chi connectivity index (χ2n) is 4.41. The lowest BCUT2D eigenvalue weighted by Crippen LogP contribution is -2.24. The highest BCUT2D eigenvalue weighted by molar-refractivity contribution is 7.15. The minimum atomic E-state index is 0.287. The van der Waals surface area contributed by atoms with Crippen LogP contribution in [0, 0.1) is 5.92 Å². The van der Waals surface area contributed by atoms with Crippen LogP contribution in [0.15, 0.2) is 6.20 Å². The maximum absolute atomic E-state index is 11.8. The number of hydrogen-bond donors (Lipinski definition) is 1.